The highest BCUT2D eigenvalue weighted by atomic mass is 127. The molecule has 1 fully saturated rings. The number of hydrogen-bond donors (Lipinski definition) is 2. The van der Waals surface area contributed by atoms with Crippen molar-refractivity contribution < 1.29 is 4.74 Å². The molecule has 120 valence electrons. The van der Waals surface area contributed by atoms with Crippen LogP contribution in [0.1, 0.15) is 34.6 Å². The van der Waals surface area contributed by atoms with Crippen LogP contribution in [0, 0.1) is 0 Å². The summed E-state index contributed by atoms with van der Waals surface area (Å²) in [6, 6.07) is 0.403. The molecule has 20 heavy (non-hydrogen) atoms. The zero-order valence-corrected chi connectivity index (χ0v) is 15.9. The normalized spacial score (nSPS) is 19.6. The number of nitrogens with zero attached hydrogens (tertiary/aromatic N) is 2. The van der Waals surface area contributed by atoms with E-state index in [0.717, 1.165) is 45.3 Å². The smallest absolute Gasteiger partial charge is 0.191 e. The van der Waals surface area contributed by atoms with Crippen molar-refractivity contribution in [1.29, 1.82) is 0 Å². The molecule has 1 aliphatic heterocycles. The molecule has 1 saturated heterocycles. The van der Waals surface area contributed by atoms with E-state index in [2.05, 4.69) is 55.1 Å². The maximum absolute atomic E-state index is 5.71. The van der Waals surface area contributed by atoms with Crippen molar-refractivity contribution >= 4 is 29.9 Å². The van der Waals surface area contributed by atoms with E-state index >= 15 is 0 Å². The number of nitrogens with one attached hydrogen (secondary N) is 2. The van der Waals surface area contributed by atoms with E-state index in [-0.39, 0.29) is 29.6 Å². The Morgan fingerprint density at radius 1 is 1.40 bits per heavy atom. The SMILES string of the molecule is CCNC(=NCCN1CCOC(C)(C)C1)NC(C)C.I. The minimum absolute atomic E-state index is 0. The third-order valence-corrected chi connectivity index (χ3v) is 2.96. The van der Waals surface area contributed by atoms with Crippen molar-refractivity contribution in [3.05, 3.63) is 0 Å². The number of morpholine rings is 1. The highest BCUT2D eigenvalue weighted by Crippen LogP contribution is 2.15. The van der Waals surface area contributed by atoms with Crippen molar-refractivity contribution in [2.45, 2.75) is 46.3 Å². The molecule has 0 atom stereocenters. The summed E-state index contributed by atoms with van der Waals surface area (Å²) in [4.78, 5) is 7.03. The van der Waals surface area contributed by atoms with Crippen LogP contribution in [0.4, 0.5) is 0 Å². The maximum atomic E-state index is 5.71. The number of rotatable bonds is 5. The number of ether oxygens (including phenoxy) is 1. The Morgan fingerprint density at radius 2 is 2.10 bits per heavy atom. The van der Waals surface area contributed by atoms with Gasteiger partial charge in [-0.2, -0.15) is 0 Å². The van der Waals surface area contributed by atoms with Crippen LogP contribution in [0.2, 0.25) is 0 Å². The van der Waals surface area contributed by atoms with Gasteiger partial charge in [0, 0.05) is 32.2 Å². The molecule has 2 N–H and O–H groups in total. The quantitative estimate of drug-likeness (QED) is 0.420. The Labute approximate surface area is 140 Å². The van der Waals surface area contributed by atoms with Gasteiger partial charge in [-0.3, -0.25) is 9.89 Å². The summed E-state index contributed by atoms with van der Waals surface area (Å²) in [5, 5.41) is 6.59. The van der Waals surface area contributed by atoms with E-state index in [9.17, 15) is 0 Å². The lowest BCUT2D eigenvalue weighted by atomic mass is 10.1. The molecule has 1 rings (SSSR count). The van der Waals surface area contributed by atoms with Gasteiger partial charge >= 0.3 is 0 Å². The fourth-order valence-electron chi connectivity index (χ4n) is 2.20. The second-order valence-corrected chi connectivity index (χ2v) is 5.94. The zero-order valence-electron chi connectivity index (χ0n) is 13.5. The predicted octanol–water partition coefficient (Wildman–Crippen LogP) is 1.68. The lowest BCUT2D eigenvalue weighted by Crippen LogP contribution is -2.49. The first kappa shape index (κ1) is 19.9. The molecule has 6 heteroatoms. The molecule has 0 radical (unpaired) electrons. The summed E-state index contributed by atoms with van der Waals surface area (Å²) in [7, 11) is 0. The number of guanidine groups is 1. The molecule has 0 aromatic carbocycles. The number of halogens is 1. The first-order valence-corrected chi connectivity index (χ1v) is 7.34. The van der Waals surface area contributed by atoms with E-state index in [1.807, 2.05) is 0 Å². The minimum Gasteiger partial charge on any atom is -0.373 e. The first-order chi connectivity index (χ1) is 8.93. The molecule has 0 aromatic heterocycles. The van der Waals surface area contributed by atoms with Gasteiger partial charge in [-0.15, -0.1) is 24.0 Å². The third-order valence-electron chi connectivity index (χ3n) is 2.96. The molecule has 1 aliphatic rings. The molecular weight excluding hydrogens is 367 g/mol. The first-order valence-electron chi connectivity index (χ1n) is 7.34. The van der Waals surface area contributed by atoms with Gasteiger partial charge in [-0.25, -0.2) is 0 Å². The van der Waals surface area contributed by atoms with Crippen LogP contribution in [0.5, 0.6) is 0 Å². The van der Waals surface area contributed by atoms with Gasteiger partial charge in [-0.05, 0) is 34.6 Å². The van der Waals surface area contributed by atoms with Crippen molar-refractivity contribution in [2.75, 3.05) is 39.3 Å². The number of aliphatic imine (C=N–C) groups is 1. The van der Waals surface area contributed by atoms with Gasteiger partial charge in [0.1, 0.15) is 0 Å². The third kappa shape index (κ3) is 8.26. The Balaban J connectivity index is 0.00000361. The maximum Gasteiger partial charge on any atom is 0.191 e. The summed E-state index contributed by atoms with van der Waals surface area (Å²) in [5.41, 5.74) is -0.0252. The summed E-state index contributed by atoms with van der Waals surface area (Å²) < 4.78 is 5.71. The summed E-state index contributed by atoms with van der Waals surface area (Å²) in [6.45, 7) is 16.1. The Morgan fingerprint density at radius 3 is 2.65 bits per heavy atom. The van der Waals surface area contributed by atoms with Crippen LogP contribution in [-0.4, -0.2) is 61.8 Å². The molecule has 0 spiro atoms. The molecule has 0 aromatic rings. The summed E-state index contributed by atoms with van der Waals surface area (Å²) >= 11 is 0. The number of hydrogen-bond acceptors (Lipinski definition) is 3. The van der Waals surface area contributed by atoms with E-state index in [0.29, 0.717) is 6.04 Å². The van der Waals surface area contributed by atoms with Gasteiger partial charge in [0.15, 0.2) is 5.96 Å². The molecule has 0 bridgehead atoms. The van der Waals surface area contributed by atoms with Gasteiger partial charge in [0.25, 0.3) is 0 Å². The Hall–Kier alpha value is -0.0800. The average molecular weight is 398 g/mol. The molecule has 1 heterocycles. The van der Waals surface area contributed by atoms with Crippen molar-refractivity contribution in [3.8, 4) is 0 Å². The lowest BCUT2D eigenvalue weighted by molar-refractivity contribution is -0.0850. The monoisotopic (exact) mass is 398 g/mol. The van der Waals surface area contributed by atoms with Crippen LogP contribution in [0.25, 0.3) is 0 Å². The van der Waals surface area contributed by atoms with Gasteiger partial charge in [-0.1, -0.05) is 0 Å². The van der Waals surface area contributed by atoms with E-state index in [4.69, 9.17) is 4.74 Å². The van der Waals surface area contributed by atoms with Crippen LogP contribution in [-0.2, 0) is 4.74 Å². The van der Waals surface area contributed by atoms with Crippen molar-refractivity contribution in [1.82, 2.24) is 15.5 Å². The van der Waals surface area contributed by atoms with E-state index < -0.39 is 0 Å². The van der Waals surface area contributed by atoms with E-state index in [1.54, 1.807) is 0 Å². The molecule has 0 unspecified atom stereocenters. The minimum atomic E-state index is -0.0252. The average Bonchev–Trinajstić information content (AvgIpc) is 2.27. The topological polar surface area (TPSA) is 48.9 Å². The van der Waals surface area contributed by atoms with Crippen LogP contribution < -0.4 is 10.6 Å². The van der Waals surface area contributed by atoms with Crippen molar-refractivity contribution in [3.63, 3.8) is 0 Å². The molecule has 0 saturated carbocycles. The fraction of sp³-hybridized carbons (Fsp3) is 0.929. The van der Waals surface area contributed by atoms with Crippen LogP contribution in [0.3, 0.4) is 0 Å². The highest BCUT2D eigenvalue weighted by molar-refractivity contribution is 14.0. The second-order valence-electron chi connectivity index (χ2n) is 5.94. The molecular formula is C14H31IN4O. The van der Waals surface area contributed by atoms with Gasteiger partial charge in [0.05, 0.1) is 18.8 Å². The van der Waals surface area contributed by atoms with E-state index in [1.165, 1.54) is 0 Å². The molecule has 0 aliphatic carbocycles. The standard InChI is InChI=1S/C14H30N4O.HI/c1-6-15-13(17-12(2)3)16-7-8-18-9-10-19-14(4,5)11-18;/h12H,6-11H2,1-5H3,(H2,15,16,17);1H. The Bertz CT molecular complexity index is 295. The fourth-order valence-corrected chi connectivity index (χ4v) is 2.20. The van der Waals surface area contributed by atoms with Crippen molar-refractivity contribution in [2.24, 2.45) is 4.99 Å². The van der Waals surface area contributed by atoms with Crippen LogP contribution >= 0.6 is 24.0 Å². The molecule has 5 nitrogen and oxygen atoms in total. The Kier molecular flexibility index (Phi) is 9.74. The van der Waals surface area contributed by atoms with Gasteiger partial charge < -0.3 is 15.4 Å². The second kappa shape index (κ2) is 9.78. The highest BCUT2D eigenvalue weighted by Gasteiger charge is 2.26. The largest absolute Gasteiger partial charge is 0.373 e. The predicted molar refractivity (Wildman–Crippen MR) is 96.1 cm³/mol. The zero-order chi connectivity index (χ0) is 14.3. The molecule has 0 amide bonds. The summed E-state index contributed by atoms with van der Waals surface area (Å²) in [5.74, 6) is 0.907. The van der Waals surface area contributed by atoms with Crippen LogP contribution in [0.15, 0.2) is 4.99 Å². The lowest BCUT2D eigenvalue weighted by Gasteiger charge is -2.37. The van der Waals surface area contributed by atoms with Gasteiger partial charge in [0.2, 0.25) is 0 Å². The summed E-state index contributed by atoms with van der Waals surface area (Å²) in [6.07, 6.45) is 0.